The van der Waals surface area contributed by atoms with Crippen molar-refractivity contribution in [1.29, 1.82) is 0 Å². The number of ether oxygens (including phenoxy) is 1. The first-order valence-corrected chi connectivity index (χ1v) is 9.85. The SMILES string of the molecule is CC(C)(C)OC(=O)N[C@@H]1CCCN([P@](N)(=O)NS(=O)(=O)O)C1=O. The minimum absolute atomic E-state index is 0.0817. The van der Waals surface area contributed by atoms with Crippen LogP contribution in [-0.2, 0) is 24.4 Å². The van der Waals surface area contributed by atoms with E-state index >= 15 is 0 Å². The Morgan fingerprint density at radius 3 is 2.52 bits per heavy atom. The van der Waals surface area contributed by atoms with E-state index in [2.05, 4.69) is 5.32 Å². The maximum absolute atomic E-state index is 12.2. The summed E-state index contributed by atoms with van der Waals surface area (Å²) in [4.78, 5) is 23.9. The molecule has 0 aromatic heterocycles. The molecule has 0 aromatic rings. The molecule has 0 aromatic carbocycles. The van der Waals surface area contributed by atoms with Gasteiger partial charge in [-0.25, -0.2) is 4.79 Å². The van der Waals surface area contributed by atoms with Gasteiger partial charge in [0, 0.05) is 6.54 Å². The number of nitrogens with two attached hydrogens (primary N) is 1. The molecular formula is C10H21N4O7PS. The maximum atomic E-state index is 12.2. The Labute approximate surface area is 134 Å². The lowest BCUT2D eigenvalue weighted by atomic mass is 10.1. The highest BCUT2D eigenvalue weighted by Gasteiger charge is 2.40. The topological polar surface area (TPSA) is 168 Å². The number of hydrogen-bond donors (Lipinski definition) is 4. The number of hydrogen-bond acceptors (Lipinski definition) is 6. The molecule has 0 spiro atoms. The summed E-state index contributed by atoms with van der Waals surface area (Å²) in [5.74, 6) is -0.830. The summed E-state index contributed by atoms with van der Waals surface area (Å²) in [6.45, 7) is 4.85. The molecule has 0 radical (unpaired) electrons. The largest absolute Gasteiger partial charge is 0.444 e. The van der Waals surface area contributed by atoms with E-state index in [9.17, 15) is 22.6 Å². The number of piperidine rings is 1. The van der Waals surface area contributed by atoms with Crippen molar-refractivity contribution in [2.75, 3.05) is 6.54 Å². The van der Waals surface area contributed by atoms with Crippen molar-refractivity contribution in [3.63, 3.8) is 0 Å². The van der Waals surface area contributed by atoms with E-state index in [4.69, 9.17) is 14.8 Å². The van der Waals surface area contributed by atoms with Crippen LogP contribution in [0.4, 0.5) is 4.79 Å². The van der Waals surface area contributed by atoms with Crippen molar-refractivity contribution in [2.24, 2.45) is 5.50 Å². The summed E-state index contributed by atoms with van der Waals surface area (Å²) in [5.41, 5.74) is 4.56. The van der Waals surface area contributed by atoms with Gasteiger partial charge in [-0.05, 0) is 33.6 Å². The number of alkyl carbamates (subject to hydrolysis) is 1. The molecule has 13 heteroatoms. The Morgan fingerprint density at radius 1 is 1.48 bits per heavy atom. The van der Waals surface area contributed by atoms with Gasteiger partial charge in [-0.1, -0.05) is 0 Å². The average molecular weight is 372 g/mol. The number of carbonyl (C=O) groups is 2. The first kappa shape index (κ1) is 19.8. The molecule has 134 valence electrons. The minimum atomic E-state index is -4.86. The van der Waals surface area contributed by atoms with Gasteiger partial charge in [0.25, 0.3) is 5.91 Å². The second-order valence-electron chi connectivity index (χ2n) is 5.99. The smallest absolute Gasteiger partial charge is 0.408 e. The van der Waals surface area contributed by atoms with E-state index in [1.165, 1.54) is 4.49 Å². The third-order valence-corrected chi connectivity index (χ3v) is 5.79. The molecule has 0 unspecified atom stereocenters. The molecule has 1 saturated heterocycles. The van der Waals surface area contributed by atoms with Crippen LogP contribution in [0.1, 0.15) is 33.6 Å². The lowest BCUT2D eigenvalue weighted by molar-refractivity contribution is -0.130. The van der Waals surface area contributed by atoms with Crippen LogP contribution in [0.25, 0.3) is 0 Å². The summed E-state index contributed by atoms with van der Waals surface area (Å²) in [5, 5.41) is 2.32. The number of amides is 2. The second kappa shape index (κ2) is 6.73. The maximum Gasteiger partial charge on any atom is 0.408 e. The molecular weight excluding hydrogens is 351 g/mol. The van der Waals surface area contributed by atoms with Gasteiger partial charge >= 0.3 is 24.0 Å². The van der Waals surface area contributed by atoms with E-state index in [1.54, 1.807) is 20.8 Å². The van der Waals surface area contributed by atoms with Crippen molar-refractivity contribution in [1.82, 2.24) is 14.5 Å². The van der Waals surface area contributed by atoms with E-state index in [0.717, 1.165) is 0 Å². The zero-order valence-electron chi connectivity index (χ0n) is 13.0. The number of nitrogens with one attached hydrogen (secondary N) is 2. The number of nitrogens with zero attached hydrogens (tertiary/aromatic N) is 1. The average Bonchev–Trinajstić information content (AvgIpc) is 2.25. The summed E-state index contributed by atoms with van der Waals surface area (Å²) in [6, 6.07) is -1.06. The van der Waals surface area contributed by atoms with Crippen molar-refractivity contribution in [3.8, 4) is 0 Å². The molecule has 0 aliphatic carbocycles. The van der Waals surface area contributed by atoms with E-state index < -0.39 is 41.5 Å². The predicted octanol–water partition coefficient (Wildman–Crippen LogP) is -0.0387. The third-order valence-electron chi connectivity index (χ3n) is 2.71. The number of rotatable bonds is 4. The lowest BCUT2D eigenvalue weighted by Crippen LogP contribution is -2.54. The van der Waals surface area contributed by atoms with Crippen LogP contribution in [0, 0.1) is 0 Å². The van der Waals surface area contributed by atoms with Crippen LogP contribution in [0.5, 0.6) is 0 Å². The zero-order valence-corrected chi connectivity index (χ0v) is 14.7. The highest BCUT2D eigenvalue weighted by atomic mass is 32.2. The summed E-state index contributed by atoms with van der Waals surface area (Å²) >= 11 is 0. The normalized spacial score (nSPS) is 22.4. The van der Waals surface area contributed by atoms with E-state index in [0.29, 0.717) is 11.1 Å². The second-order valence-corrected chi connectivity index (χ2v) is 9.40. The molecule has 2 amide bonds. The molecule has 11 nitrogen and oxygen atoms in total. The Kier molecular flexibility index (Phi) is 5.81. The van der Waals surface area contributed by atoms with Gasteiger partial charge in [0.15, 0.2) is 0 Å². The van der Waals surface area contributed by atoms with Gasteiger partial charge in [-0.2, -0.15) is 8.42 Å². The van der Waals surface area contributed by atoms with Gasteiger partial charge in [-0.15, -0.1) is 4.49 Å². The van der Waals surface area contributed by atoms with Crippen LogP contribution in [-0.4, -0.2) is 47.8 Å². The fraction of sp³-hybridized carbons (Fsp3) is 0.800. The fourth-order valence-electron chi connectivity index (χ4n) is 1.95. The highest BCUT2D eigenvalue weighted by Crippen LogP contribution is 2.40. The van der Waals surface area contributed by atoms with E-state index in [1.807, 2.05) is 0 Å². The van der Waals surface area contributed by atoms with Gasteiger partial charge in [0.1, 0.15) is 11.6 Å². The fourth-order valence-corrected chi connectivity index (χ4v) is 4.54. The van der Waals surface area contributed by atoms with Gasteiger partial charge in [0.05, 0.1) is 0 Å². The molecule has 0 saturated carbocycles. The van der Waals surface area contributed by atoms with Crippen molar-refractivity contribution in [2.45, 2.75) is 45.3 Å². The summed E-state index contributed by atoms with van der Waals surface area (Å²) < 4.78 is 49.3. The monoisotopic (exact) mass is 372 g/mol. The Balaban J connectivity index is 2.83. The summed E-state index contributed by atoms with van der Waals surface area (Å²) in [6.07, 6.45) is -0.270. The first-order chi connectivity index (χ1) is 10.2. The van der Waals surface area contributed by atoms with Crippen molar-refractivity contribution in [3.05, 3.63) is 0 Å². The van der Waals surface area contributed by atoms with Gasteiger partial charge in [-0.3, -0.25) is 24.1 Å². The molecule has 1 aliphatic heterocycles. The standard InChI is InChI=1S/C10H21N4O7PS/c1-10(2,3)21-9(16)12-7-5-4-6-14(8(7)15)22(11,17)13-23(18,19)20/h7H,4-6H2,1-3H3,(H,12,16)(H3,11,13,17)(H,18,19,20)/t7-,22-/m1/s1. The van der Waals surface area contributed by atoms with Crippen LogP contribution in [0.15, 0.2) is 0 Å². The first-order valence-electron chi connectivity index (χ1n) is 6.68. The number of carbonyl (C=O) groups excluding carboxylic acids is 2. The lowest BCUT2D eigenvalue weighted by Gasteiger charge is -2.35. The Bertz CT molecular complexity index is 630. The Hall–Kier alpha value is -1.20. The summed E-state index contributed by atoms with van der Waals surface area (Å²) in [7, 11) is -9.23. The third kappa shape index (κ3) is 6.43. The van der Waals surface area contributed by atoms with Crippen molar-refractivity contribution >= 4 is 29.9 Å². The van der Waals surface area contributed by atoms with Gasteiger partial charge in [0.2, 0.25) is 0 Å². The zero-order chi connectivity index (χ0) is 18.1. The molecule has 1 heterocycles. The van der Waals surface area contributed by atoms with Crippen LogP contribution in [0.3, 0.4) is 0 Å². The highest BCUT2D eigenvalue weighted by molar-refractivity contribution is 7.90. The van der Waals surface area contributed by atoms with Crippen molar-refractivity contribution < 1.29 is 31.9 Å². The molecule has 1 fully saturated rings. The molecule has 2 atom stereocenters. The molecule has 5 N–H and O–H groups in total. The van der Waals surface area contributed by atoms with Crippen LogP contribution < -0.4 is 15.3 Å². The molecule has 0 bridgehead atoms. The molecule has 1 rings (SSSR count). The van der Waals surface area contributed by atoms with Crippen LogP contribution in [0.2, 0.25) is 0 Å². The Morgan fingerprint density at radius 2 is 2.04 bits per heavy atom. The minimum Gasteiger partial charge on any atom is -0.444 e. The van der Waals surface area contributed by atoms with Crippen LogP contribution >= 0.6 is 7.59 Å². The van der Waals surface area contributed by atoms with E-state index in [-0.39, 0.29) is 13.0 Å². The predicted molar refractivity (Wildman–Crippen MR) is 80.6 cm³/mol. The molecule has 23 heavy (non-hydrogen) atoms. The van der Waals surface area contributed by atoms with Gasteiger partial charge < -0.3 is 10.1 Å². The quantitative estimate of drug-likeness (QED) is 0.394. The molecule has 1 aliphatic rings.